The molecule has 0 aliphatic heterocycles. The Balaban J connectivity index is 3.06. The third-order valence-electron chi connectivity index (χ3n) is 1.31. The average molecular weight is 137 g/mol. The van der Waals surface area contributed by atoms with Gasteiger partial charge in [0.15, 0.2) is 0 Å². The van der Waals surface area contributed by atoms with E-state index in [1.165, 1.54) is 0 Å². The largest absolute Gasteiger partial charge is 0.317 e. The smallest absolute Gasteiger partial charge is 0.238 e. The highest BCUT2D eigenvalue weighted by atomic mass is 19.3. The van der Waals surface area contributed by atoms with E-state index in [0.717, 1.165) is 0 Å². The van der Waals surface area contributed by atoms with Gasteiger partial charge in [-0.2, -0.15) is 0 Å². The topological polar surface area (TPSA) is 12.0 Å². The summed E-state index contributed by atoms with van der Waals surface area (Å²) >= 11 is 0. The summed E-state index contributed by atoms with van der Waals surface area (Å²) < 4.78 is 23.0. The Morgan fingerprint density at radius 1 is 1.33 bits per heavy atom. The molecule has 0 radical (unpaired) electrons. The van der Waals surface area contributed by atoms with Gasteiger partial charge in [0.2, 0.25) is 6.43 Å². The van der Waals surface area contributed by atoms with Gasteiger partial charge >= 0.3 is 0 Å². The lowest BCUT2D eigenvalue weighted by atomic mass is 10.2. The van der Waals surface area contributed by atoms with E-state index in [4.69, 9.17) is 0 Å². The molecule has 0 rings (SSSR count). The van der Waals surface area contributed by atoms with Gasteiger partial charge in [-0.15, -0.1) is 0 Å². The van der Waals surface area contributed by atoms with E-state index in [2.05, 4.69) is 5.32 Å². The van der Waals surface area contributed by atoms with E-state index in [1.807, 2.05) is 6.92 Å². The van der Waals surface area contributed by atoms with E-state index in [9.17, 15) is 8.78 Å². The Hall–Kier alpha value is -0.180. The molecule has 1 atom stereocenters. The van der Waals surface area contributed by atoms with Crippen molar-refractivity contribution in [2.75, 3.05) is 7.05 Å². The summed E-state index contributed by atoms with van der Waals surface area (Å²) in [5, 5.41) is 2.89. The lowest BCUT2D eigenvalue weighted by molar-refractivity contribution is 0.131. The summed E-state index contributed by atoms with van der Waals surface area (Å²) in [6, 6.07) is 0.207. The molecule has 1 nitrogen and oxygen atoms in total. The van der Waals surface area contributed by atoms with Crippen molar-refractivity contribution in [3.63, 3.8) is 0 Å². The van der Waals surface area contributed by atoms with Crippen LogP contribution in [0.25, 0.3) is 0 Å². The molecule has 0 aromatic carbocycles. The van der Waals surface area contributed by atoms with Crippen molar-refractivity contribution in [2.45, 2.75) is 32.2 Å². The van der Waals surface area contributed by atoms with E-state index < -0.39 is 6.43 Å². The molecule has 1 N–H and O–H groups in total. The predicted octanol–water partition coefficient (Wildman–Crippen LogP) is 1.64. The lowest BCUT2D eigenvalue weighted by Gasteiger charge is -2.07. The van der Waals surface area contributed by atoms with Gasteiger partial charge in [-0.3, -0.25) is 0 Å². The van der Waals surface area contributed by atoms with Gasteiger partial charge in [0, 0.05) is 12.5 Å². The molecule has 0 aliphatic carbocycles. The lowest BCUT2D eigenvalue weighted by Crippen LogP contribution is -2.21. The fourth-order valence-corrected chi connectivity index (χ4v) is 0.520. The molecule has 0 heterocycles. The van der Waals surface area contributed by atoms with Crippen molar-refractivity contribution >= 4 is 0 Å². The molecular weight excluding hydrogens is 124 g/mol. The normalized spacial score (nSPS) is 14.3. The SMILES string of the molecule is CNC(C)CCC(F)F. The van der Waals surface area contributed by atoms with Gasteiger partial charge in [0.1, 0.15) is 0 Å². The first kappa shape index (κ1) is 8.82. The van der Waals surface area contributed by atoms with Gasteiger partial charge in [-0.25, -0.2) is 8.78 Å². The van der Waals surface area contributed by atoms with Crippen molar-refractivity contribution in [1.82, 2.24) is 5.32 Å². The van der Waals surface area contributed by atoms with E-state index >= 15 is 0 Å². The zero-order chi connectivity index (χ0) is 7.28. The van der Waals surface area contributed by atoms with Crippen LogP contribution < -0.4 is 5.32 Å². The molecule has 0 spiro atoms. The Morgan fingerprint density at radius 3 is 2.22 bits per heavy atom. The average Bonchev–Trinajstić information content (AvgIpc) is 1.83. The van der Waals surface area contributed by atoms with Crippen LogP contribution in [0, 0.1) is 0 Å². The summed E-state index contributed by atoms with van der Waals surface area (Å²) in [5.74, 6) is 0. The summed E-state index contributed by atoms with van der Waals surface area (Å²) in [7, 11) is 1.77. The Labute approximate surface area is 54.4 Å². The quantitative estimate of drug-likeness (QED) is 0.621. The second kappa shape index (κ2) is 4.68. The van der Waals surface area contributed by atoms with Crippen molar-refractivity contribution in [2.24, 2.45) is 0 Å². The Bertz CT molecular complexity index is 66.1. The first-order valence-corrected chi connectivity index (χ1v) is 3.12. The highest BCUT2D eigenvalue weighted by Gasteiger charge is 2.04. The number of nitrogens with one attached hydrogen (secondary N) is 1. The monoisotopic (exact) mass is 137 g/mol. The highest BCUT2D eigenvalue weighted by molar-refractivity contribution is 4.56. The molecule has 0 saturated heterocycles. The first-order chi connectivity index (χ1) is 4.16. The van der Waals surface area contributed by atoms with Gasteiger partial charge in [0.05, 0.1) is 0 Å². The van der Waals surface area contributed by atoms with Crippen LogP contribution in [0.5, 0.6) is 0 Å². The maximum atomic E-state index is 11.5. The van der Waals surface area contributed by atoms with Crippen LogP contribution in [0.4, 0.5) is 8.78 Å². The molecule has 0 aromatic rings. The van der Waals surface area contributed by atoms with E-state index in [0.29, 0.717) is 6.42 Å². The molecule has 56 valence electrons. The van der Waals surface area contributed by atoms with Gasteiger partial charge in [-0.1, -0.05) is 0 Å². The predicted molar refractivity (Wildman–Crippen MR) is 33.8 cm³/mol. The van der Waals surface area contributed by atoms with Crippen molar-refractivity contribution < 1.29 is 8.78 Å². The summed E-state index contributed by atoms with van der Waals surface area (Å²) in [6.45, 7) is 1.89. The fourth-order valence-electron chi connectivity index (χ4n) is 0.520. The molecule has 3 heteroatoms. The third-order valence-corrected chi connectivity index (χ3v) is 1.31. The van der Waals surface area contributed by atoms with Crippen LogP contribution in [-0.4, -0.2) is 19.5 Å². The maximum Gasteiger partial charge on any atom is 0.238 e. The van der Waals surface area contributed by atoms with Crippen molar-refractivity contribution in [1.29, 1.82) is 0 Å². The van der Waals surface area contributed by atoms with Crippen molar-refractivity contribution in [3.05, 3.63) is 0 Å². The summed E-state index contributed by atoms with van der Waals surface area (Å²) in [6.07, 6.45) is -1.60. The number of hydrogen-bond donors (Lipinski definition) is 1. The molecular formula is C6H13F2N. The third kappa shape index (κ3) is 5.69. The highest BCUT2D eigenvalue weighted by Crippen LogP contribution is 2.04. The van der Waals surface area contributed by atoms with Crippen LogP contribution in [0.15, 0.2) is 0 Å². The zero-order valence-electron chi connectivity index (χ0n) is 5.82. The number of rotatable bonds is 4. The number of alkyl halides is 2. The van der Waals surface area contributed by atoms with Crippen molar-refractivity contribution in [3.8, 4) is 0 Å². The zero-order valence-corrected chi connectivity index (χ0v) is 5.82. The van der Waals surface area contributed by atoms with Gasteiger partial charge in [-0.05, 0) is 20.4 Å². The summed E-state index contributed by atoms with van der Waals surface area (Å²) in [4.78, 5) is 0. The molecule has 0 fully saturated rings. The molecule has 0 aromatic heterocycles. The summed E-state index contributed by atoms with van der Waals surface area (Å²) in [5.41, 5.74) is 0. The molecule has 0 saturated carbocycles. The van der Waals surface area contributed by atoms with Crippen LogP contribution in [-0.2, 0) is 0 Å². The fraction of sp³-hybridized carbons (Fsp3) is 1.00. The van der Waals surface area contributed by atoms with E-state index in [-0.39, 0.29) is 12.5 Å². The number of hydrogen-bond acceptors (Lipinski definition) is 1. The minimum atomic E-state index is -2.15. The van der Waals surface area contributed by atoms with Crippen LogP contribution in [0.2, 0.25) is 0 Å². The van der Waals surface area contributed by atoms with Gasteiger partial charge in [0.25, 0.3) is 0 Å². The molecule has 9 heavy (non-hydrogen) atoms. The maximum absolute atomic E-state index is 11.5. The molecule has 0 amide bonds. The molecule has 1 unspecified atom stereocenters. The second-order valence-corrected chi connectivity index (χ2v) is 2.16. The Kier molecular flexibility index (Phi) is 4.58. The molecule has 0 bridgehead atoms. The van der Waals surface area contributed by atoms with Crippen LogP contribution >= 0.6 is 0 Å². The van der Waals surface area contributed by atoms with Gasteiger partial charge < -0.3 is 5.32 Å². The number of halogens is 2. The first-order valence-electron chi connectivity index (χ1n) is 3.12. The minimum absolute atomic E-state index is 0.00199. The minimum Gasteiger partial charge on any atom is -0.317 e. The molecule has 0 aliphatic rings. The van der Waals surface area contributed by atoms with E-state index in [1.54, 1.807) is 7.05 Å². The Morgan fingerprint density at radius 2 is 1.89 bits per heavy atom. The second-order valence-electron chi connectivity index (χ2n) is 2.16. The van der Waals surface area contributed by atoms with Crippen LogP contribution in [0.3, 0.4) is 0 Å². The van der Waals surface area contributed by atoms with Crippen LogP contribution in [0.1, 0.15) is 19.8 Å². The standard InChI is InChI=1S/C6H13F2N/c1-5(9-2)3-4-6(7)8/h5-6,9H,3-4H2,1-2H3.